The molecular weight excluding hydrogens is 282 g/mol. The zero-order valence-electron chi connectivity index (χ0n) is 12.6. The van der Waals surface area contributed by atoms with E-state index in [0.29, 0.717) is 43.3 Å². The van der Waals surface area contributed by atoms with Crippen LogP contribution < -0.4 is 4.90 Å². The van der Waals surface area contributed by atoms with Crippen molar-refractivity contribution in [3.8, 4) is 11.5 Å². The van der Waals surface area contributed by atoms with Crippen LogP contribution in [0.3, 0.4) is 0 Å². The molecule has 0 fully saturated rings. The van der Waals surface area contributed by atoms with Gasteiger partial charge in [0.2, 0.25) is 5.91 Å². The number of ether oxygens (including phenoxy) is 1. The fourth-order valence-electron chi connectivity index (χ4n) is 2.52. The van der Waals surface area contributed by atoms with Crippen molar-refractivity contribution >= 4 is 11.7 Å². The maximum Gasteiger partial charge on any atom is 0.228 e. The highest BCUT2D eigenvalue weighted by Crippen LogP contribution is 2.29. The Bertz CT molecular complexity index is 690. The zero-order valence-corrected chi connectivity index (χ0v) is 12.6. The lowest BCUT2D eigenvalue weighted by Gasteiger charge is -2.29. The van der Waals surface area contributed by atoms with Crippen LogP contribution in [0.15, 0.2) is 18.6 Å². The first-order valence-corrected chi connectivity index (χ1v) is 7.14. The minimum Gasteiger partial charge on any atom is -0.383 e. The Morgan fingerprint density at radius 3 is 2.86 bits per heavy atom. The molecule has 0 spiro atoms. The Labute approximate surface area is 128 Å². The monoisotopic (exact) mass is 299 g/mol. The van der Waals surface area contributed by atoms with Gasteiger partial charge >= 0.3 is 0 Å². The normalized spacial score (nSPS) is 14.1. The summed E-state index contributed by atoms with van der Waals surface area (Å²) < 4.78 is 5.09. The Morgan fingerprint density at radius 2 is 2.14 bits per heavy atom. The molecule has 114 valence electrons. The molecule has 0 radical (unpaired) electrons. The number of carbonyl (C=O) groups excluding carboxylic acids is 1. The van der Waals surface area contributed by atoms with Crippen LogP contribution in [0.2, 0.25) is 0 Å². The van der Waals surface area contributed by atoms with Crippen LogP contribution in [-0.2, 0) is 16.0 Å². The van der Waals surface area contributed by atoms with Crippen molar-refractivity contribution in [2.75, 3.05) is 25.2 Å². The lowest BCUT2D eigenvalue weighted by molar-refractivity contribution is -0.119. The van der Waals surface area contributed by atoms with Crippen molar-refractivity contribution in [1.82, 2.24) is 19.9 Å². The fourth-order valence-corrected chi connectivity index (χ4v) is 2.52. The maximum atomic E-state index is 12.2. The zero-order chi connectivity index (χ0) is 15.5. The second-order valence-electron chi connectivity index (χ2n) is 5.06. The quantitative estimate of drug-likeness (QED) is 0.843. The van der Waals surface area contributed by atoms with E-state index in [1.165, 1.54) is 0 Å². The Morgan fingerprint density at radius 1 is 1.27 bits per heavy atom. The van der Waals surface area contributed by atoms with Gasteiger partial charge in [0.15, 0.2) is 5.82 Å². The SMILES string of the molecule is COCCN1C(=O)CCc2c(C)nc(-c3cnccn3)nc21. The second kappa shape index (κ2) is 6.15. The molecule has 0 N–H and O–H groups in total. The van der Waals surface area contributed by atoms with Crippen LogP contribution in [-0.4, -0.2) is 46.1 Å². The number of hydrogen-bond acceptors (Lipinski definition) is 6. The third-order valence-electron chi connectivity index (χ3n) is 3.65. The standard InChI is InChI=1S/C15H17N5O2/c1-10-11-3-4-13(21)20(7-8-22-2)15(11)19-14(18-10)12-9-16-5-6-17-12/h5-6,9H,3-4,7-8H2,1-2H3. The number of aryl methyl sites for hydroxylation is 1. The summed E-state index contributed by atoms with van der Waals surface area (Å²) in [6.45, 7) is 2.89. The molecule has 0 bridgehead atoms. The number of amides is 1. The molecule has 0 saturated heterocycles. The molecule has 7 heteroatoms. The van der Waals surface area contributed by atoms with E-state index in [9.17, 15) is 4.79 Å². The molecule has 1 amide bonds. The molecule has 7 nitrogen and oxygen atoms in total. The molecular formula is C15H17N5O2. The van der Waals surface area contributed by atoms with Crippen LogP contribution in [0.25, 0.3) is 11.5 Å². The molecule has 0 aliphatic carbocycles. The molecule has 3 rings (SSSR count). The van der Waals surface area contributed by atoms with E-state index in [0.717, 1.165) is 11.3 Å². The summed E-state index contributed by atoms with van der Waals surface area (Å²) in [5.41, 5.74) is 2.49. The summed E-state index contributed by atoms with van der Waals surface area (Å²) in [5.74, 6) is 1.22. The molecule has 2 aromatic heterocycles. The van der Waals surface area contributed by atoms with Gasteiger partial charge in [-0.15, -0.1) is 0 Å². The van der Waals surface area contributed by atoms with Crippen LogP contribution >= 0.6 is 0 Å². The molecule has 1 aliphatic rings. The number of anilines is 1. The third-order valence-corrected chi connectivity index (χ3v) is 3.65. The highest BCUT2D eigenvalue weighted by atomic mass is 16.5. The van der Waals surface area contributed by atoms with Crippen molar-refractivity contribution in [2.24, 2.45) is 0 Å². The lowest BCUT2D eigenvalue weighted by Crippen LogP contribution is -2.38. The number of rotatable bonds is 4. The van der Waals surface area contributed by atoms with E-state index in [1.54, 1.807) is 30.6 Å². The van der Waals surface area contributed by atoms with Crippen molar-refractivity contribution < 1.29 is 9.53 Å². The first-order valence-electron chi connectivity index (χ1n) is 7.14. The average Bonchev–Trinajstić information content (AvgIpc) is 2.54. The van der Waals surface area contributed by atoms with Gasteiger partial charge in [-0.25, -0.2) is 15.0 Å². The molecule has 2 aromatic rings. The number of aromatic nitrogens is 4. The van der Waals surface area contributed by atoms with Gasteiger partial charge in [0.25, 0.3) is 0 Å². The topological polar surface area (TPSA) is 81.1 Å². The minimum atomic E-state index is 0.0627. The van der Waals surface area contributed by atoms with Gasteiger partial charge in [0.1, 0.15) is 11.5 Å². The van der Waals surface area contributed by atoms with Gasteiger partial charge in [0, 0.05) is 37.2 Å². The number of hydrogen-bond donors (Lipinski definition) is 0. The van der Waals surface area contributed by atoms with Crippen molar-refractivity contribution in [3.05, 3.63) is 29.8 Å². The number of fused-ring (bicyclic) bond motifs is 1. The Balaban J connectivity index is 2.06. The van der Waals surface area contributed by atoms with Crippen LogP contribution in [0.5, 0.6) is 0 Å². The summed E-state index contributed by atoms with van der Waals surface area (Å²) in [6.07, 6.45) is 5.96. The van der Waals surface area contributed by atoms with Crippen LogP contribution in [0.1, 0.15) is 17.7 Å². The molecule has 1 aliphatic heterocycles. The number of methoxy groups -OCH3 is 1. The predicted octanol–water partition coefficient (Wildman–Crippen LogP) is 1.17. The fraction of sp³-hybridized carbons (Fsp3) is 0.400. The molecule has 0 aromatic carbocycles. The summed E-state index contributed by atoms with van der Waals surface area (Å²) in [4.78, 5) is 31.2. The largest absolute Gasteiger partial charge is 0.383 e. The van der Waals surface area contributed by atoms with E-state index in [2.05, 4.69) is 19.9 Å². The van der Waals surface area contributed by atoms with E-state index in [4.69, 9.17) is 4.74 Å². The van der Waals surface area contributed by atoms with Crippen LogP contribution in [0.4, 0.5) is 5.82 Å². The van der Waals surface area contributed by atoms with Crippen molar-refractivity contribution in [1.29, 1.82) is 0 Å². The third kappa shape index (κ3) is 2.67. The molecule has 0 saturated carbocycles. The molecule has 0 unspecified atom stereocenters. The predicted molar refractivity (Wildman–Crippen MR) is 80.3 cm³/mol. The first-order chi connectivity index (χ1) is 10.7. The first kappa shape index (κ1) is 14.5. The van der Waals surface area contributed by atoms with E-state index >= 15 is 0 Å². The highest BCUT2D eigenvalue weighted by molar-refractivity contribution is 5.95. The molecule has 3 heterocycles. The van der Waals surface area contributed by atoms with Crippen molar-refractivity contribution in [3.63, 3.8) is 0 Å². The Hall–Kier alpha value is -2.41. The molecule has 0 atom stereocenters. The van der Waals surface area contributed by atoms with E-state index in [1.807, 2.05) is 6.92 Å². The maximum absolute atomic E-state index is 12.2. The van der Waals surface area contributed by atoms with Gasteiger partial charge in [-0.3, -0.25) is 14.7 Å². The van der Waals surface area contributed by atoms with Gasteiger partial charge < -0.3 is 4.74 Å². The number of carbonyl (C=O) groups is 1. The minimum absolute atomic E-state index is 0.0627. The molecule has 22 heavy (non-hydrogen) atoms. The summed E-state index contributed by atoms with van der Waals surface area (Å²) in [7, 11) is 1.62. The smallest absolute Gasteiger partial charge is 0.228 e. The summed E-state index contributed by atoms with van der Waals surface area (Å²) in [5, 5.41) is 0. The second-order valence-corrected chi connectivity index (χ2v) is 5.06. The van der Waals surface area contributed by atoms with Crippen LogP contribution in [0, 0.1) is 6.92 Å². The Kier molecular flexibility index (Phi) is 4.06. The van der Waals surface area contributed by atoms with E-state index in [-0.39, 0.29) is 5.91 Å². The average molecular weight is 299 g/mol. The van der Waals surface area contributed by atoms with Gasteiger partial charge in [-0.1, -0.05) is 0 Å². The summed E-state index contributed by atoms with van der Waals surface area (Å²) >= 11 is 0. The van der Waals surface area contributed by atoms with E-state index < -0.39 is 0 Å². The number of nitrogens with zero attached hydrogens (tertiary/aromatic N) is 5. The summed E-state index contributed by atoms with van der Waals surface area (Å²) in [6, 6.07) is 0. The van der Waals surface area contributed by atoms with Crippen molar-refractivity contribution in [2.45, 2.75) is 19.8 Å². The van der Waals surface area contributed by atoms with Gasteiger partial charge in [-0.05, 0) is 13.3 Å². The lowest BCUT2D eigenvalue weighted by atomic mass is 10.0. The van der Waals surface area contributed by atoms with Gasteiger partial charge in [0.05, 0.1) is 19.3 Å². The van der Waals surface area contributed by atoms with Gasteiger partial charge in [-0.2, -0.15) is 0 Å². The highest BCUT2D eigenvalue weighted by Gasteiger charge is 2.28.